The second kappa shape index (κ2) is 7.70. The maximum Gasteiger partial charge on any atom is 0.260 e. The van der Waals surface area contributed by atoms with E-state index in [9.17, 15) is 4.79 Å². The second-order valence-electron chi connectivity index (χ2n) is 6.61. The molecule has 140 valence electrons. The SMILES string of the molecule is Cc1ccc(C)c(C(=O)N(Cc2ccccn2)c2nc3c(Cl)cccc3s2)c1. The Kier molecular flexibility index (Phi) is 5.11. The van der Waals surface area contributed by atoms with Gasteiger partial charge in [-0.1, -0.05) is 52.8 Å². The van der Waals surface area contributed by atoms with Gasteiger partial charge in [0.05, 0.1) is 22.0 Å². The lowest BCUT2D eigenvalue weighted by Crippen LogP contribution is -2.31. The number of nitrogens with zero attached hydrogens (tertiary/aromatic N) is 3. The van der Waals surface area contributed by atoms with E-state index in [2.05, 4.69) is 9.97 Å². The molecule has 0 saturated heterocycles. The molecular weight excluding hydrogens is 390 g/mol. The van der Waals surface area contributed by atoms with Gasteiger partial charge in [0, 0.05) is 11.8 Å². The Morgan fingerprint density at radius 1 is 1.11 bits per heavy atom. The number of amides is 1. The van der Waals surface area contributed by atoms with Crippen molar-refractivity contribution < 1.29 is 4.79 Å². The maximum atomic E-state index is 13.5. The molecule has 0 bridgehead atoms. The van der Waals surface area contributed by atoms with E-state index in [0.29, 0.717) is 27.8 Å². The molecule has 0 aliphatic heterocycles. The lowest BCUT2D eigenvalue weighted by Gasteiger charge is -2.21. The monoisotopic (exact) mass is 407 g/mol. The number of halogens is 1. The molecule has 2 aromatic carbocycles. The minimum atomic E-state index is -0.0953. The quantitative estimate of drug-likeness (QED) is 0.429. The average Bonchev–Trinajstić information content (AvgIpc) is 3.14. The molecule has 0 radical (unpaired) electrons. The van der Waals surface area contributed by atoms with Gasteiger partial charge in [0.1, 0.15) is 5.52 Å². The number of hydrogen-bond donors (Lipinski definition) is 0. The maximum absolute atomic E-state index is 13.5. The highest BCUT2D eigenvalue weighted by atomic mass is 35.5. The molecule has 4 nitrogen and oxygen atoms in total. The third kappa shape index (κ3) is 3.63. The van der Waals surface area contributed by atoms with Crippen molar-refractivity contribution in [2.24, 2.45) is 0 Å². The van der Waals surface area contributed by atoms with E-state index in [4.69, 9.17) is 11.6 Å². The second-order valence-corrected chi connectivity index (χ2v) is 8.03. The topological polar surface area (TPSA) is 46.1 Å². The normalized spacial score (nSPS) is 11.0. The lowest BCUT2D eigenvalue weighted by atomic mass is 10.0. The summed E-state index contributed by atoms with van der Waals surface area (Å²) >= 11 is 7.76. The van der Waals surface area contributed by atoms with Crippen molar-refractivity contribution in [2.45, 2.75) is 20.4 Å². The number of para-hydroxylation sites is 1. The first-order valence-corrected chi connectivity index (χ1v) is 10.1. The van der Waals surface area contributed by atoms with Crippen molar-refractivity contribution >= 4 is 44.2 Å². The number of thiazole rings is 1. The summed E-state index contributed by atoms with van der Waals surface area (Å²) in [6.07, 6.45) is 1.73. The van der Waals surface area contributed by atoms with Crippen LogP contribution in [0.3, 0.4) is 0 Å². The number of benzene rings is 2. The number of pyridine rings is 1. The minimum absolute atomic E-state index is 0.0953. The zero-order valence-corrected chi connectivity index (χ0v) is 17.1. The van der Waals surface area contributed by atoms with Crippen molar-refractivity contribution in [3.63, 3.8) is 0 Å². The Hall–Kier alpha value is -2.76. The van der Waals surface area contributed by atoms with Crippen molar-refractivity contribution in [3.8, 4) is 0 Å². The van der Waals surface area contributed by atoms with Crippen molar-refractivity contribution in [1.82, 2.24) is 9.97 Å². The molecule has 0 fully saturated rings. The van der Waals surface area contributed by atoms with Gasteiger partial charge in [-0.2, -0.15) is 0 Å². The summed E-state index contributed by atoms with van der Waals surface area (Å²) in [6.45, 7) is 4.27. The van der Waals surface area contributed by atoms with Crippen molar-refractivity contribution in [1.29, 1.82) is 0 Å². The summed E-state index contributed by atoms with van der Waals surface area (Å²) in [4.78, 5) is 24.3. The molecular formula is C22H18ClN3OS. The van der Waals surface area contributed by atoms with Gasteiger partial charge in [0.15, 0.2) is 5.13 Å². The summed E-state index contributed by atoms with van der Waals surface area (Å²) in [6, 6.07) is 17.2. The molecule has 4 rings (SSSR count). The molecule has 4 aromatic rings. The highest BCUT2D eigenvalue weighted by Crippen LogP contribution is 2.34. The standard InChI is InChI=1S/C22H18ClN3OS/c1-14-9-10-15(2)17(12-14)21(27)26(13-16-6-3-4-11-24-16)22-25-20-18(23)7-5-8-19(20)28-22/h3-12H,13H2,1-2H3. The third-order valence-electron chi connectivity index (χ3n) is 4.50. The Morgan fingerprint density at radius 2 is 1.96 bits per heavy atom. The molecule has 0 saturated carbocycles. The van der Waals surface area contributed by atoms with Gasteiger partial charge in [-0.3, -0.25) is 14.7 Å². The van der Waals surface area contributed by atoms with Crippen molar-refractivity contribution in [3.05, 3.63) is 88.2 Å². The first-order valence-electron chi connectivity index (χ1n) is 8.87. The van der Waals surface area contributed by atoms with Gasteiger partial charge in [0.2, 0.25) is 0 Å². The first-order chi connectivity index (χ1) is 13.5. The molecule has 28 heavy (non-hydrogen) atoms. The number of anilines is 1. The van der Waals surface area contributed by atoms with E-state index < -0.39 is 0 Å². The van der Waals surface area contributed by atoms with E-state index in [1.807, 2.05) is 68.4 Å². The summed E-state index contributed by atoms with van der Waals surface area (Å²) in [7, 11) is 0. The number of fused-ring (bicyclic) bond motifs is 1. The lowest BCUT2D eigenvalue weighted by molar-refractivity contribution is 0.0984. The largest absolute Gasteiger partial charge is 0.278 e. The van der Waals surface area contributed by atoms with E-state index in [1.165, 1.54) is 11.3 Å². The average molecular weight is 408 g/mol. The molecule has 0 N–H and O–H groups in total. The molecule has 0 spiro atoms. The first kappa shape index (κ1) is 18.6. The minimum Gasteiger partial charge on any atom is -0.278 e. The fourth-order valence-electron chi connectivity index (χ4n) is 3.01. The summed E-state index contributed by atoms with van der Waals surface area (Å²) in [5, 5.41) is 1.19. The number of hydrogen-bond acceptors (Lipinski definition) is 4. The number of carbonyl (C=O) groups excluding carboxylic acids is 1. The van der Waals surface area contributed by atoms with Crippen LogP contribution in [-0.4, -0.2) is 15.9 Å². The Bertz CT molecular complexity index is 1160. The van der Waals surface area contributed by atoms with E-state index in [-0.39, 0.29) is 5.91 Å². The van der Waals surface area contributed by atoms with Gasteiger partial charge >= 0.3 is 0 Å². The van der Waals surface area contributed by atoms with Crippen LogP contribution in [0.2, 0.25) is 5.02 Å². The highest BCUT2D eigenvalue weighted by molar-refractivity contribution is 7.22. The number of rotatable bonds is 4. The predicted octanol–water partition coefficient (Wildman–Crippen LogP) is 5.81. The molecule has 0 aliphatic rings. The molecule has 1 amide bonds. The number of aryl methyl sites for hydroxylation is 2. The van der Waals surface area contributed by atoms with Gasteiger partial charge in [-0.05, 0) is 49.7 Å². The Labute approximate surface area is 172 Å². The summed E-state index contributed by atoms with van der Waals surface area (Å²) < 4.78 is 0.947. The van der Waals surface area contributed by atoms with Crippen LogP contribution in [0.15, 0.2) is 60.8 Å². The van der Waals surface area contributed by atoms with Crippen LogP contribution in [0.5, 0.6) is 0 Å². The van der Waals surface area contributed by atoms with Gasteiger partial charge < -0.3 is 0 Å². The van der Waals surface area contributed by atoms with Gasteiger partial charge in [0.25, 0.3) is 5.91 Å². The molecule has 6 heteroatoms. The highest BCUT2D eigenvalue weighted by Gasteiger charge is 2.24. The van der Waals surface area contributed by atoms with Gasteiger partial charge in [-0.25, -0.2) is 4.98 Å². The number of carbonyl (C=O) groups is 1. The molecule has 0 atom stereocenters. The summed E-state index contributed by atoms with van der Waals surface area (Å²) in [5.74, 6) is -0.0953. The zero-order chi connectivity index (χ0) is 19.7. The fraction of sp³-hybridized carbons (Fsp3) is 0.136. The van der Waals surface area contributed by atoms with E-state index in [0.717, 1.165) is 21.5 Å². The van der Waals surface area contributed by atoms with E-state index in [1.54, 1.807) is 11.1 Å². The van der Waals surface area contributed by atoms with Crippen LogP contribution < -0.4 is 4.90 Å². The van der Waals surface area contributed by atoms with Crippen LogP contribution >= 0.6 is 22.9 Å². The van der Waals surface area contributed by atoms with Crippen LogP contribution in [-0.2, 0) is 6.54 Å². The van der Waals surface area contributed by atoms with Crippen LogP contribution in [0.25, 0.3) is 10.2 Å². The molecule has 0 unspecified atom stereocenters. The predicted molar refractivity (Wildman–Crippen MR) is 115 cm³/mol. The van der Waals surface area contributed by atoms with Crippen LogP contribution in [0.4, 0.5) is 5.13 Å². The Morgan fingerprint density at radius 3 is 2.71 bits per heavy atom. The van der Waals surface area contributed by atoms with Gasteiger partial charge in [-0.15, -0.1) is 0 Å². The number of aromatic nitrogens is 2. The zero-order valence-electron chi connectivity index (χ0n) is 15.5. The Balaban J connectivity index is 1.82. The van der Waals surface area contributed by atoms with E-state index >= 15 is 0 Å². The molecule has 2 aromatic heterocycles. The summed E-state index contributed by atoms with van der Waals surface area (Å²) in [5.41, 5.74) is 4.15. The smallest absolute Gasteiger partial charge is 0.260 e. The van der Waals surface area contributed by atoms with Crippen LogP contribution in [0, 0.1) is 13.8 Å². The van der Waals surface area contributed by atoms with Crippen LogP contribution in [0.1, 0.15) is 27.2 Å². The fourth-order valence-corrected chi connectivity index (χ4v) is 4.27. The van der Waals surface area contributed by atoms with Crippen molar-refractivity contribution in [2.75, 3.05) is 4.90 Å². The third-order valence-corrected chi connectivity index (χ3v) is 5.85. The molecule has 2 heterocycles. The molecule has 0 aliphatic carbocycles.